The van der Waals surface area contributed by atoms with Crippen LogP contribution in [0.4, 0.5) is 5.95 Å². The van der Waals surface area contributed by atoms with Crippen molar-refractivity contribution >= 4 is 17.8 Å². The first-order chi connectivity index (χ1) is 12.4. The highest BCUT2D eigenvalue weighted by Gasteiger charge is 2.50. The predicted molar refractivity (Wildman–Crippen MR) is 96.8 cm³/mol. The number of rotatable bonds is 7. The van der Waals surface area contributed by atoms with E-state index in [1.54, 1.807) is 19.4 Å². The van der Waals surface area contributed by atoms with Crippen LogP contribution >= 0.6 is 0 Å². The number of nitrogens with zero attached hydrogens (tertiary/aromatic N) is 5. The number of likely N-dealkylation sites (tertiary alicyclic amines) is 2. The molecule has 3 heterocycles. The second-order valence-electron chi connectivity index (χ2n) is 7.42. The second kappa shape index (κ2) is 7.57. The van der Waals surface area contributed by atoms with Gasteiger partial charge in [0.1, 0.15) is 6.54 Å². The molecule has 8 heteroatoms. The molecule has 8 nitrogen and oxygen atoms in total. The minimum absolute atomic E-state index is 0.135. The Balaban J connectivity index is 1.57. The molecule has 1 aromatic heterocycles. The second-order valence-corrected chi connectivity index (χ2v) is 7.42. The van der Waals surface area contributed by atoms with E-state index in [0.29, 0.717) is 18.4 Å². The quantitative estimate of drug-likeness (QED) is 0.769. The molecular formula is C18H27N5O3. The number of hydrogen-bond donors (Lipinski definition) is 1. The number of likely N-dealkylation sites (N-methyl/N-ethyl adjacent to an activating group) is 1. The molecule has 2 fully saturated rings. The summed E-state index contributed by atoms with van der Waals surface area (Å²) in [5, 5.41) is 8.83. The lowest BCUT2D eigenvalue weighted by Gasteiger charge is -2.23. The lowest BCUT2D eigenvalue weighted by molar-refractivity contribution is -0.136. The van der Waals surface area contributed by atoms with Crippen molar-refractivity contribution in [2.75, 3.05) is 44.7 Å². The first-order valence-electron chi connectivity index (χ1n) is 9.19. The number of aromatic nitrogens is 2. The van der Waals surface area contributed by atoms with Crippen LogP contribution in [0.25, 0.3) is 0 Å². The van der Waals surface area contributed by atoms with Crippen molar-refractivity contribution in [3.8, 4) is 0 Å². The summed E-state index contributed by atoms with van der Waals surface area (Å²) in [5.41, 5.74) is 0.780. The Morgan fingerprint density at radius 1 is 1.31 bits per heavy atom. The first kappa shape index (κ1) is 18.6. The van der Waals surface area contributed by atoms with Gasteiger partial charge in [0.25, 0.3) is 0 Å². The molecule has 2 aliphatic heterocycles. The smallest absolute Gasteiger partial charge is 0.323 e. The highest BCUT2D eigenvalue weighted by atomic mass is 16.4. The summed E-state index contributed by atoms with van der Waals surface area (Å²) >= 11 is 0. The average molecular weight is 361 g/mol. The molecule has 1 spiro atoms. The number of carbonyl (C=O) groups excluding carboxylic acids is 1. The largest absolute Gasteiger partial charge is 0.480 e. The van der Waals surface area contributed by atoms with Crippen LogP contribution in [0.2, 0.25) is 0 Å². The van der Waals surface area contributed by atoms with Gasteiger partial charge in [-0.3, -0.25) is 14.5 Å². The summed E-state index contributed by atoms with van der Waals surface area (Å²) in [4.78, 5) is 37.8. The molecule has 1 atom stereocenters. The fourth-order valence-corrected chi connectivity index (χ4v) is 4.01. The van der Waals surface area contributed by atoms with Gasteiger partial charge in [-0.2, -0.15) is 0 Å². The third kappa shape index (κ3) is 3.80. The third-order valence-electron chi connectivity index (χ3n) is 5.34. The molecule has 0 aliphatic carbocycles. The average Bonchev–Trinajstić information content (AvgIpc) is 3.14. The van der Waals surface area contributed by atoms with Gasteiger partial charge < -0.3 is 14.9 Å². The van der Waals surface area contributed by atoms with Gasteiger partial charge in [0.15, 0.2) is 0 Å². The van der Waals surface area contributed by atoms with E-state index in [2.05, 4.69) is 21.8 Å². The van der Waals surface area contributed by atoms with Crippen molar-refractivity contribution in [1.29, 1.82) is 0 Å². The molecule has 0 saturated carbocycles. The molecule has 1 aromatic rings. The predicted octanol–water partition coefficient (Wildman–Crippen LogP) is 0.832. The maximum absolute atomic E-state index is 12.7. The minimum Gasteiger partial charge on any atom is -0.480 e. The van der Waals surface area contributed by atoms with Crippen molar-refractivity contribution in [2.45, 2.75) is 32.7 Å². The molecule has 0 radical (unpaired) electrons. The standard InChI is InChI=1S/C18H27N5O3/c1-3-6-23-8-5-18(16(23)26)4-7-22(13-18)11-14-9-19-17(20-10-14)21(2)12-15(24)25/h9-10H,3-8,11-13H2,1-2H3,(H,24,25). The van der Waals surface area contributed by atoms with E-state index in [4.69, 9.17) is 5.11 Å². The van der Waals surface area contributed by atoms with E-state index < -0.39 is 5.97 Å². The van der Waals surface area contributed by atoms with Gasteiger partial charge in [0.2, 0.25) is 11.9 Å². The lowest BCUT2D eigenvalue weighted by atomic mass is 9.85. The van der Waals surface area contributed by atoms with Crippen molar-refractivity contribution < 1.29 is 14.7 Å². The molecule has 3 rings (SSSR count). The van der Waals surface area contributed by atoms with Crippen LogP contribution in [-0.2, 0) is 16.1 Å². The zero-order chi connectivity index (χ0) is 18.7. The third-order valence-corrected chi connectivity index (χ3v) is 5.34. The van der Waals surface area contributed by atoms with Crippen molar-refractivity contribution in [1.82, 2.24) is 19.8 Å². The van der Waals surface area contributed by atoms with Crippen molar-refractivity contribution in [2.24, 2.45) is 5.41 Å². The molecule has 0 aromatic carbocycles. The van der Waals surface area contributed by atoms with Gasteiger partial charge in [-0.1, -0.05) is 6.92 Å². The summed E-state index contributed by atoms with van der Waals surface area (Å²) in [6, 6.07) is 0. The molecule has 2 saturated heterocycles. The van der Waals surface area contributed by atoms with E-state index in [9.17, 15) is 9.59 Å². The molecule has 0 bridgehead atoms. The number of amides is 1. The number of carboxylic acid groups (broad SMARTS) is 1. The van der Waals surface area contributed by atoms with E-state index >= 15 is 0 Å². The van der Waals surface area contributed by atoms with Gasteiger partial charge >= 0.3 is 5.97 Å². The number of anilines is 1. The minimum atomic E-state index is -0.916. The Labute approximate surface area is 153 Å². The maximum atomic E-state index is 12.7. The van der Waals surface area contributed by atoms with Crippen LogP contribution < -0.4 is 4.90 Å². The molecule has 1 N–H and O–H groups in total. The van der Waals surface area contributed by atoms with E-state index in [1.165, 1.54) is 4.90 Å². The lowest BCUT2D eigenvalue weighted by Crippen LogP contribution is -2.37. The first-order valence-corrected chi connectivity index (χ1v) is 9.19. The highest BCUT2D eigenvalue weighted by molar-refractivity contribution is 5.85. The Kier molecular flexibility index (Phi) is 5.41. The zero-order valence-corrected chi connectivity index (χ0v) is 15.5. The van der Waals surface area contributed by atoms with Gasteiger partial charge in [-0.15, -0.1) is 0 Å². The highest BCUT2D eigenvalue weighted by Crippen LogP contribution is 2.41. The van der Waals surface area contributed by atoms with Crippen LogP contribution in [0.15, 0.2) is 12.4 Å². The van der Waals surface area contributed by atoms with Crippen LogP contribution in [-0.4, -0.2) is 76.5 Å². The number of aliphatic carboxylic acids is 1. The number of hydrogen-bond acceptors (Lipinski definition) is 6. The summed E-state index contributed by atoms with van der Waals surface area (Å²) in [6.45, 7) is 6.14. The molecule has 2 aliphatic rings. The Morgan fingerprint density at radius 3 is 2.65 bits per heavy atom. The summed E-state index contributed by atoms with van der Waals surface area (Å²) in [5.74, 6) is -0.195. The Bertz CT molecular complexity index is 665. The maximum Gasteiger partial charge on any atom is 0.323 e. The zero-order valence-electron chi connectivity index (χ0n) is 15.5. The fourth-order valence-electron chi connectivity index (χ4n) is 4.01. The molecular weight excluding hydrogens is 334 g/mol. The SMILES string of the molecule is CCCN1CCC2(CCN(Cc3cnc(N(C)CC(=O)O)nc3)C2)C1=O. The van der Waals surface area contributed by atoms with Gasteiger partial charge in [0, 0.05) is 51.2 Å². The van der Waals surface area contributed by atoms with Gasteiger partial charge in [-0.05, 0) is 25.8 Å². The Morgan fingerprint density at radius 2 is 2.00 bits per heavy atom. The summed E-state index contributed by atoms with van der Waals surface area (Å²) in [7, 11) is 1.65. The monoisotopic (exact) mass is 361 g/mol. The molecule has 1 unspecified atom stereocenters. The van der Waals surface area contributed by atoms with Crippen LogP contribution in [0.5, 0.6) is 0 Å². The summed E-state index contributed by atoms with van der Waals surface area (Å²) < 4.78 is 0. The van der Waals surface area contributed by atoms with E-state index in [1.807, 2.05) is 4.90 Å². The van der Waals surface area contributed by atoms with Crippen LogP contribution in [0.1, 0.15) is 31.7 Å². The normalized spacial score (nSPS) is 23.2. The van der Waals surface area contributed by atoms with Crippen molar-refractivity contribution in [3.63, 3.8) is 0 Å². The molecule has 1 amide bonds. The van der Waals surface area contributed by atoms with Gasteiger partial charge in [0.05, 0.1) is 5.41 Å². The fraction of sp³-hybridized carbons (Fsp3) is 0.667. The van der Waals surface area contributed by atoms with E-state index in [0.717, 1.165) is 51.0 Å². The topological polar surface area (TPSA) is 89.9 Å². The van der Waals surface area contributed by atoms with Gasteiger partial charge in [-0.25, -0.2) is 9.97 Å². The van der Waals surface area contributed by atoms with Crippen molar-refractivity contribution in [3.05, 3.63) is 18.0 Å². The molecule has 142 valence electrons. The van der Waals surface area contributed by atoms with Crippen LogP contribution in [0.3, 0.4) is 0 Å². The molecule has 26 heavy (non-hydrogen) atoms. The van der Waals surface area contributed by atoms with E-state index in [-0.39, 0.29) is 12.0 Å². The number of carboxylic acids is 1. The summed E-state index contributed by atoms with van der Waals surface area (Å²) in [6.07, 6.45) is 6.37. The Hall–Kier alpha value is -2.22. The number of carbonyl (C=O) groups is 2. The van der Waals surface area contributed by atoms with Crippen LogP contribution in [0, 0.1) is 5.41 Å².